The molecule has 0 unspecified atom stereocenters. The van der Waals surface area contributed by atoms with E-state index >= 15 is 0 Å². The van der Waals surface area contributed by atoms with Gasteiger partial charge in [0.05, 0.1) is 13.2 Å². The highest BCUT2D eigenvalue weighted by Crippen LogP contribution is 2.23. The van der Waals surface area contributed by atoms with E-state index in [-0.39, 0.29) is 12.4 Å². The molecule has 2 aromatic rings. The fourth-order valence-electron chi connectivity index (χ4n) is 2.69. The monoisotopic (exact) mass is 346 g/mol. The van der Waals surface area contributed by atoms with Gasteiger partial charge in [-0.05, 0) is 62.4 Å². The average molecular weight is 347 g/mol. The molecule has 0 fully saturated rings. The summed E-state index contributed by atoms with van der Waals surface area (Å²) in [6, 6.07) is 16.5. The van der Waals surface area contributed by atoms with Crippen LogP contribution in [0.3, 0.4) is 0 Å². The molecule has 0 atom stereocenters. The second-order valence-corrected chi connectivity index (χ2v) is 5.36. The Morgan fingerprint density at radius 3 is 1.96 bits per heavy atom. The smallest absolute Gasteiger partial charge is 0.244 e. The number of anilines is 1. The van der Waals surface area contributed by atoms with Crippen molar-refractivity contribution in [3.05, 3.63) is 48.5 Å². The zero-order valence-corrected chi connectivity index (χ0v) is 14.9. The Kier molecular flexibility index (Phi) is 6.50. The summed E-state index contributed by atoms with van der Waals surface area (Å²) in [4.78, 5) is 2.26. The van der Waals surface area contributed by atoms with Crippen LogP contribution in [-0.2, 0) is 0 Å². The quantitative estimate of drug-likeness (QED) is 0.719. The third-order valence-corrected chi connectivity index (χ3v) is 3.82. The normalized spacial score (nSPS) is 13.2. The van der Waals surface area contributed by atoms with Crippen LogP contribution in [0.15, 0.2) is 48.5 Å². The minimum Gasteiger partial charge on any atom is -1.00 e. The lowest BCUT2D eigenvalue weighted by Gasteiger charge is -2.07. The fourth-order valence-corrected chi connectivity index (χ4v) is 2.69. The fraction of sp³-hybridized carbons (Fsp3) is 0.316. The van der Waals surface area contributed by atoms with Crippen molar-refractivity contribution < 1.29 is 26.5 Å². The van der Waals surface area contributed by atoms with Gasteiger partial charge in [0, 0.05) is 0 Å². The van der Waals surface area contributed by atoms with Gasteiger partial charge in [-0.3, -0.25) is 0 Å². The molecule has 0 amide bonds. The Bertz CT molecular complexity index is 669. The lowest BCUT2D eigenvalue weighted by molar-refractivity contribution is -0.424. The molecular weight excluding hydrogens is 324 g/mol. The van der Waals surface area contributed by atoms with Crippen molar-refractivity contribution in [2.24, 2.45) is 0 Å². The molecule has 2 aromatic carbocycles. The molecule has 0 bridgehead atoms. The Morgan fingerprint density at radius 1 is 0.875 bits per heavy atom. The first-order valence-corrected chi connectivity index (χ1v) is 8.14. The van der Waals surface area contributed by atoms with Crippen LogP contribution in [0.4, 0.5) is 11.4 Å². The number of rotatable bonds is 6. The van der Waals surface area contributed by atoms with Crippen molar-refractivity contribution in [1.82, 2.24) is 0 Å². The zero-order valence-electron chi connectivity index (χ0n) is 14.1. The maximum atomic E-state index is 5.49. The number of hydrogen-bond donors (Lipinski definition) is 0. The molecule has 4 nitrogen and oxygen atoms in total. The van der Waals surface area contributed by atoms with E-state index in [1.165, 1.54) is 11.4 Å². The van der Waals surface area contributed by atoms with Gasteiger partial charge in [0.15, 0.2) is 0 Å². The Hall–Kier alpha value is -2.20. The van der Waals surface area contributed by atoms with Crippen LogP contribution in [0.5, 0.6) is 11.5 Å². The molecule has 0 spiro atoms. The third kappa shape index (κ3) is 4.20. The molecule has 0 saturated heterocycles. The summed E-state index contributed by atoms with van der Waals surface area (Å²) in [7, 11) is 0. The van der Waals surface area contributed by atoms with Gasteiger partial charge in [-0.15, -0.1) is 0 Å². The van der Waals surface area contributed by atoms with E-state index in [0.717, 1.165) is 24.6 Å². The molecule has 0 N–H and O–H groups in total. The zero-order chi connectivity index (χ0) is 16.1. The lowest BCUT2D eigenvalue weighted by Crippen LogP contribution is -3.00. The van der Waals surface area contributed by atoms with Gasteiger partial charge >= 0.3 is 0 Å². The molecule has 0 aliphatic carbocycles. The second-order valence-electron chi connectivity index (χ2n) is 5.36. The van der Waals surface area contributed by atoms with E-state index in [4.69, 9.17) is 9.47 Å². The van der Waals surface area contributed by atoms with Gasteiger partial charge in [0.25, 0.3) is 0 Å². The van der Waals surface area contributed by atoms with Crippen molar-refractivity contribution in [2.75, 3.05) is 31.2 Å². The van der Waals surface area contributed by atoms with E-state index in [1.807, 2.05) is 38.1 Å². The maximum Gasteiger partial charge on any atom is 0.244 e. The molecule has 3 rings (SSSR count). The summed E-state index contributed by atoms with van der Waals surface area (Å²) in [6.45, 7) is 7.33. The Balaban J connectivity index is 0.00000208. The molecule has 0 aromatic heterocycles. The van der Waals surface area contributed by atoms with Crippen molar-refractivity contribution in [2.45, 2.75) is 13.8 Å². The Labute approximate surface area is 149 Å². The molecule has 0 saturated carbocycles. The van der Waals surface area contributed by atoms with Crippen molar-refractivity contribution in [1.29, 1.82) is 0 Å². The Morgan fingerprint density at radius 2 is 1.42 bits per heavy atom. The summed E-state index contributed by atoms with van der Waals surface area (Å²) >= 11 is 0. The predicted octanol–water partition coefficient (Wildman–Crippen LogP) is 0.680. The minimum absolute atomic E-state index is 0. The number of halogens is 1. The van der Waals surface area contributed by atoms with E-state index in [9.17, 15) is 0 Å². The predicted molar refractivity (Wildman–Crippen MR) is 93.4 cm³/mol. The highest BCUT2D eigenvalue weighted by Gasteiger charge is 2.22. The number of ether oxygens (including phenoxy) is 2. The van der Waals surface area contributed by atoms with Crippen LogP contribution < -0.4 is 26.8 Å². The van der Waals surface area contributed by atoms with Crippen LogP contribution in [0.2, 0.25) is 0 Å². The molecule has 1 heterocycles. The van der Waals surface area contributed by atoms with Crippen LogP contribution >= 0.6 is 0 Å². The third-order valence-electron chi connectivity index (χ3n) is 3.82. The molecule has 24 heavy (non-hydrogen) atoms. The van der Waals surface area contributed by atoms with Crippen molar-refractivity contribution in [3.63, 3.8) is 0 Å². The molecule has 0 radical (unpaired) electrons. The number of benzene rings is 2. The summed E-state index contributed by atoms with van der Waals surface area (Å²) < 4.78 is 13.2. The summed E-state index contributed by atoms with van der Waals surface area (Å²) in [6.07, 6.45) is 2.16. The summed E-state index contributed by atoms with van der Waals surface area (Å²) in [5.41, 5.74) is 2.36. The topological polar surface area (TPSA) is 24.7 Å². The standard InChI is InChI=1S/C19H23N2O2.ClH/c1-3-22-18-9-5-16(6-10-18)20-13-14-21(15-20)17-7-11-19(12-8-17)23-4-2;/h5-12,15H,3-4,13-14H2,1-2H3;1H/q+1;/p-1. The lowest BCUT2D eigenvalue weighted by atomic mass is 10.3. The first-order chi connectivity index (χ1) is 11.3. The second kappa shape index (κ2) is 8.60. The van der Waals surface area contributed by atoms with E-state index in [2.05, 4.69) is 40.1 Å². The van der Waals surface area contributed by atoms with Crippen LogP contribution in [0.1, 0.15) is 13.8 Å². The highest BCUT2D eigenvalue weighted by atomic mass is 35.5. The number of hydrogen-bond acceptors (Lipinski definition) is 3. The van der Waals surface area contributed by atoms with E-state index < -0.39 is 0 Å². The van der Waals surface area contributed by atoms with Gasteiger partial charge < -0.3 is 21.9 Å². The van der Waals surface area contributed by atoms with Crippen LogP contribution in [0, 0.1) is 0 Å². The van der Waals surface area contributed by atoms with E-state index in [0.29, 0.717) is 13.2 Å². The molecular formula is C19H23ClN2O2. The van der Waals surface area contributed by atoms with Gasteiger partial charge in [0.2, 0.25) is 6.34 Å². The summed E-state index contributed by atoms with van der Waals surface area (Å²) in [5.74, 6) is 1.83. The molecule has 5 heteroatoms. The molecule has 128 valence electrons. The highest BCUT2D eigenvalue weighted by molar-refractivity contribution is 5.78. The minimum atomic E-state index is 0. The van der Waals surface area contributed by atoms with Crippen molar-refractivity contribution in [3.8, 4) is 11.5 Å². The SMILES string of the molecule is CCOc1ccc(N2C=[N+](c3ccc(OCC)cc3)CC2)cc1.[Cl-]. The molecule has 1 aliphatic heterocycles. The van der Waals surface area contributed by atoms with Crippen LogP contribution in [0.25, 0.3) is 0 Å². The van der Waals surface area contributed by atoms with Gasteiger partial charge in [-0.1, -0.05) is 0 Å². The first kappa shape index (κ1) is 18.1. The van der Waals surface area contributed by atoms with Gasteiger partial charge in [-0.2, -0.15) is 0 Å². The summed E-state index contributed by atoms with van der Waals surface area (Å²) in [5, 5.41) is 0. The average Bonchev–Trinajstić information content (AvgIpc) is 3.07. The van der Waals surface area contributed by atoms with Gasteiger partial charge in [0.1, 0.15) is 36.0 Å². The molecule has 1 aliphatic rings. The number of nitrogens with zero attached hydrogens (tertiary/aromatic N) is 2. The van der Waals surface area contributed by atoms with Crippen molar-refractivity contribution >= 4 is 17.7 Å². The maximum absolute atomic E-state index is 5.49. The van der Waals surface area contributed by atoms with E-state index in [1.54, 1.807) is 0 Å². The largest absolute Gasteiger partial charge is 1.00 e. The first-order valence-electron chi connectivity index (χ1n) is 8.14. The van der Waals surface area contributed by atoms with Gasteiger partial charge in [-0.25, -0.2) is 9.48 Å². The van der Waals surface area contributed by atoms with Crippen LogP contribution in [-0.4, -0.2) is 37.2 Å².